The van der Waals surface area contributed by atoms with Gasteiger partial charge in [-0.2, -0.15) is 0 Å². The number of benzene rings is 2. The average molecular weight is 402 g/mol. The molecule has 1 amide bonds. The van der Waals surface area contributed by atoms with Crippen LogP contribution < -0.4 is 15.0 Å². The monoisotopic (exact) mass is 401 g/mol. The maximum absolute atomic E-state index is 13.2. The lowest BCUT2D eigenvalue weighted by molar-refractivity contribution is -0.915. The maximum Gasteiger partial charge on any atom is 0.287 e. The Kier molecular flexibility index (Phi) is 6.50. The first-order chi connectivity index (χ1) is 13.1. The number of carbonyl (C=O) groups is 1. The van der Waals surface area contributed by atoms with Crippen LogP contribution in [0, 0.1) is 0 Å². The van der Waals surface area contributed by atoms with E-state index in [-0.39, 0.29) is 11.9 Å². The molecule has 27 heavy (non-hydrogen) atoms. The van der Waals surface area contributed by atoms with Crippen molar-refractivity contribution in [2.45, 2.75) is 12.6 Å². The van der Waals surface area contributed by atoms with Crippen molar-refractivity contribution >= 4 is 34.5 Å². The Morgan fingerprint density at radius 1 is 1.15 bits per heavy atom. The van der Waals surface area contributed by atoms with E-state index in [2.05, 4.69) is 5.32 Å². The second kappa shape index (κ2) is 9.04. The highest BCUT2D eigenvalue weighted by Crippen LogP contribution is 2.22. The van der Waals surface area contributed by atoms with Crippen molar-refractivity contribution < 1.29 is 14.4 Å². The van der Waals surface area contributed by atoms with E-state index < -0.39 is 0 Å². The van der Waals surface area contributed by atoms with Gasteiger partial charge < -0.3 is 15.0 Å². The maximum atomic E-state index is 13.2. The van der Waals surface area contributed by atoms with E-state index >= 15 is 0 Å². The van der Waals surface area contributed by atoms with Gasteiger partial charge in [-0.15, -0.1) is 11.3 Å². The van der Waals surface area contributed by atoms with Crippen molar-refractivity contribution in [2.75, 3.05) is 19.5 Å². The number of rotatable bonds is 7. The highest BCUT2D eigenvalue weighted by Gasteiger charge is 2.29. The number of likely N-dealkylation sites (N-methyl/N-ethyl adjacent to an activating group) is 1. The van der Waals surface area contributed by atoms with Crippen molar-refractivity contribution in [1.29, 1.82) is 0 Å². The minimum absolute atomic E-state index is 0.0605. The molecule has 0 aliphatic rings. The number of amides is 1. The SMILES string of the molecule is COc1cccc(NC(=O)[C@@H](c2ccccc2)[NH+](C)Cc2ccc(Cl)s2)c1. The Morgan fingerprint density at radius 3 is 2.59 bits per heavy atom. The predicted molar refractivity (Wildman–Crippen MR) is 111 cm³/mol. The van der Waals surface area contributed by atoms with Gasteiger partial charge in [0.15, 0.2) is 6.04 Å². The fourth-order valence-corrected chi connectivity index (χ4v) is 4.23. The summed E-state index contributed by atoms with van der Waals surface area (Å²) in [6, 6.07) is 20.8. The van der Waals surface area contributed by atoms with Gasteiger partial charge in [-0.3, -0.25) is 4.79 Å². The fourth-order valence-electron chi connectivity index (χ4n) is 3.04. The first-order valence-electron chi connectivity index (χ1n) is 8.63. The van der Waals surface area contributed by atoms with Gasteiger partial charge in [0.25, 0.3) is 5.91 Å². The van der Waals surface area contributed by atoms with Crippen LogP contribution in [0.5, 0.6) is 5.75 Å². The number of hydrogen-bond acceptors (Lipinski definition) is 3. The van der Waals surface area contributed by atoms with Gasteiger partial charge in [0.2, 0.25) is 0 Å². The molecule has 1 aromatic heterocycles. The number of nitrogens with one attached hydrogen (secondary N) is 2. The van der Waals surface area contributed by atoms with E-state index in [1.165, 1.54) is 0 Å². The molecule has 6 heteroatoms. The van der Waals surface area contributed by atoms with E-state index in [1.54, 1.807) is 18.4 Å². The third kappa shape index (κ3) is 5.10. The molecule has 0 fully saturated rings. The highest BCUT2D eigenvalue weighted by atomic mass is 35.5. The molecule has 0 bridgehead atoms. The number of halogens is 1. The molecule has 2 N–H and O–H groups in total. The molecule has 2 atom stereocenters. The Bertz CT molecular complexity index is 898. The van der Waals surface area contributed by atoms with Crippen LogP contribution in [-0.2, 0) is 11.3 Å². The third-order valence-electron chi connectivity index (χ3n) is 4.31. The molecule has 140 valence electrons. The fraction of sp³-hybridized carbons (Fsp3) is 0.190. The van der Waals surface area contributed by atoms with E-state index in [0.29, 0.717) is 18.0 Å². The predicted octanol–water partition coefficient (Wildman–Crippen LogP) is 3.80. The van der Waals surface area contributed by atoms with Crippen molar-refractivity contribution in [3.63, 3.8) is 0 Å². The lowest BCUT2D eigenvalue weighted by Gasteiger charge is -2.24. The Labute approximate surface area is 168 Å². The summed E-state index contributed by atoms with van der Waals surface area (Å²) in [5.41, 5.74) is 1.69. The van der Waals surface area contributed by atoms with Crippen molar-refractivity contribution in [3.05, 3.63) is 81.5 Å². The molecule has 0 aliphatic carbocycles. The van der Waals surface area contributed by atoms with Crippen LogP contribution in [0.2, 0.25) is 4.34 Å². The second-order valence-corrected chi connectivity index (χ2v) is 8.09. The van der Waals surface area contributed by atoms with Crippen LogP contribution in [-0.4, -0.2) is 20.1 Å². The summed E-state index contributed by atoms with van der Waals surface area (Å²) in [5, 5.41) is 3.02. The van der Waals surface area contributed by atoms with Crippen LogP contribution in [0.25, 0.3) is 0 Å². The molecule has 0 saturated heterocycles. The van der Waals surface area contributed by atoms with E-state index in [4.69, 9.17) is 16.3 Å². The van der Waals surface area contributed by atoms with E-state index in [0.717, 1.165) is 19.7 Å². The smallest absolute Gasteiger partial charge is 0.287 e. The summed E-state index contributed by atoms with van der Waals surface area (Å²) in [7, 11) is 3.63. The number of hydrogen-bond donors (Lipinski definition) is 2. The summed E-state index contributed by atoms with van der Waals surface area (Å²) >= 11 is 7.60. The molecular weight excluding hydrogens is 380 g/mol. The average Bonchev–Trinajstić information content (AvgIpc) is 3.07. The van der Waals surface area contributed by atoms with Gasteiger partial charge in [0, 0.05) is 17.3 Å². The van der Waals surface area contributed by atoms with Gasteiger partial charge in [-0.25, -0.2) is 0 Å². The van der Waals surface area contributed by atoms with Crippen LogP contribution in [0.3, 0.4) is 0 Å². The third-order valence-corrected chi connectivity index (χ3v) is 5.54. The lowest BCUT2D eigenvalue weighted by Crippen LogP contribution is -3.09. The molecule has 0 saturated carbocycles. The normalized spacial score (nSPS) is 13.0. The first-order valence-corrected chi connectivity index (χ1v) is 9.82. The number of quaternary nitrogens is 1. The summed E-state index contributed by atoms with van der Waals surface area (Å²) in [5.74, 6) is 0.646. The number of thiophene rings is 1. The zero-order valence-electron chi connectivity index (χ0n) is 15.2. The largest absolute Gasteiger partial charge is 0.497 e. The summed E-state index contributed by atoms with van der Waals surface area (Å²) < 4.78 is 6.00. The molecule has 2 aromatic carbocycles. The van der Waals surface area contributed by atoms with Gasteiger partial charge in [0.1, 0.15) is 12.3 Å². The molecular formula is C21H22ClN2O2S+. The van der Waals surface area contributed by atoms with Gasteiger partial charge in [-0.05, 0) is 24.3 Å². The molecule has 1 unspecified atom stereocenters. The summed E-state index contributed by atoms with van der Waals surface area (Å²) in [6.45, 7) is 0.711. The molecule has 0 radical (unpaired) electrons. The molecule has 0 aliphatic heterocycles. The Morgan fingerprint density at radius 2 is 1.93 bits per heavy atom. The number of ether oxygens (including phenoxy) is 1. The number of carbonyl (C=O) groups excluding carboxylic acids is 1. The standard InChI is InChI=1S/C21H21ClN2O2S/c1-24(14-18-11-12-19(22)27-18)20(15-7-4-3-5-8-15)21(25)23-16-9-6-10-17(13-16)26-2/h3-13,20H,14H2,1-2H3,(H,23,25)/p+1/t20-/m1/s1. The van der Waals surface area contributed by atoms with Crippen LogP contribution >= 0.6 is 22.9 Å². The second-order valence-electron chi connectivity index (χ2n) is 6.29. The van der Waals surface area contributed by atoms with Crippen molar-refractivity contribution in [1.82, 2.24) is 0 Å². The minimum atomic E-state index is -0.349. The minimum Gasteiger partial charge on any atom is -0.497 e. The zero-order valence-corrected chi connectivity index (χ0v) is 16.8. The van der Waals surface area contributed by atoms with E-state index in [9.17, 15) is 4.79 Å². The summed E-state index contributed by atoms with van der Waals surface area (Å²) in [4.78, 5) is 15.4. The van der Waals surface area contributed by atoms with Gasteiger partial charge in [0.05, 0.1) is 23.4 Å². The molecule has 0 spiro atoms. The quantitative estimate of drug-likeness (QED) is 0.632. The van der Waals surface area contributed by atoms with Crippen LogP contribution in [0.4, 0.5) is 5.69 Å². The topological polar surface area (TPSA) is 42.8 Å². The number of anilines is 1. The molecule has 1 heterocycles. The van der Waals surface area contributed by atoms with Gasteiger partial charge >= 0.3 is 0 Å². The number of methoxy groups -OCH3 is 1. The molecule has 3 aromatic rings. The zero-order chi connectivity index (χ0) is 19.2. The molecule has 3 rings (SSSR count). The van der Waals surface area contributed by atoms with Gasteiger partial charge in [-0.1, -0.05) is 48.0 Å². The highest BCUT2D eigenvalue weighted by molar-refractivity contribution is 7.16. The van der Waals surface area contributed by atoms with Crippen LogP contribution in [0.1, 0.15) is 16.5 Å². The van der Waals surface area contributed by atoms with E-state index in [1.807, 2.05) is 73.8 Å². The Balaban J connectivity index is 1.83. The lowest BCUT2D eigenvalue weighted by atomic mass is 10.0. The van der Waals surface area contributed by atoms with Crippen molar-refractivity contribution in [2.24, 2.45) is 0 Å². The van der Waals surface area contributed by atoms with Crippen molar-refractivity contribution in [3.8, 4) is 5.75 Å². The summed E-state index contributed by atoms with van der Waals surface area (Å²) in [6.07, 6.45) is 0. The Hall–Kier alpha value is -2.34. The first kappa shape index (κ1) is 19.4. The molecule has 4 nitrogen and oxygen atoms in total. The van der Waals surface area contributed by atoms with Crippen LogP contribution in [0.15, 0.2) is 66.7 Å².